The third-order valence-corrected chi connectivity index (χ3v) is 6.35. The number of aromatic amines is 2. The van der Waals surface area contributed by atoms with Gasteiger partial charge in [-0.05, 0) is 86.8 Å². The lowest BCUT2D eigenvalue weighted by molar-refractivity contribution is 1.03. The van der Waals surface area contributed by atoms with E-state index in [2.05, 4.69) is 68.5 Å². The predicted molar refractivity (Wildman–Crippen MR) is 153 cm³/mol. The highest BCUT2D eigenvalue weighted by atomic mass is 32.1. The molecule has 0 spiro atoms. The van der Waals surface area contributed by atoms with Crippen LogP contribution in [0.3, 0.4) is 0 Å². The minimum atomic E-state index is 0.579. The molecule has 0 fully saturated rings. The molecule has 10 heteroatoms. The van der Waals surface area contributed by atoms with E-state index in [0.717, 1.165) is 34.2 Å². The topological polar surface area (TPSA) is 93.0 Å². The number of nitrogens with one attached hydrogen (secondary N) is 2. The number of pyridine rings is 2. The smallest absolute Gasteiger partial charge is 0.200 e. The zero-order valence-corrected chi connectivity index (χ0v) is 22.4. The normalized spacial score (nSPS) is 10.6. The van der Waals surface area contributed by atoms with Crippen LogP contribution in [-0.4, -0.2) is 39.5 Å². The first kappa shape index (κ1) is 25.1. The average Bonchev–Trinajstić information content (AvgIpc) is 3.53. The lowest BCUT2D eigenvalue weighted by Crippen LogP contribution is -1.97. The summed E-state index contributed by atoms with van der Waals surface area (Å²) >= 11 is 10.6. The molecule has 2 N–H and O–H groups in total. The lowest BCUT2D eigenvalue weighted by atomic mass is 10.2. The van der Waals surface area contributed by atoms with Gasteiger partial charge in [0.1, 0.15) is 0 Å². The number of benzene rings is 2. The van der Waals surface area contributed by atoms with Gasteiger partial charge in [-0.1, -0.05) is 35.4 Å². The second-order valence-corrected chi connectivity index (χ2v) is 9.29. The molecule has 4 aromatic heterocycles. The Kier molecular flexibility index (Phi) is 7.43. The number of hydrogen-bond donors (Lipinski definition) is 2. The minimum absolute atomic E-state index is 0.579. The molecule has 0 radical (unpaired) electrons. The van der Waals surface area contributed by atoms with Crippen molar-refractivity contribution in [3.05, 3.63) is 118 Å². The van der Waals surface area contributed by atoms with Crippen LogP contribution in [-0.2, 0) is 0 Å². The van der Waals surface area contributed by atoms with Gasteiger partial charge in [0.15, 0.2) is 21.2 Å². The molecule has 188 valence electrons. The van der Waals surface area contributed by atoms with Crippen molar-refractivity contribution in [3.63, 3.8) is 0 Å². The van der Waals surface area contributed by atoms with Crippen molar-refractivity contribution in [1.29, 1.82) is 0 Å². The maximum atomic E-state index is 5.32. The Bertz CT molecular complexity index is 1620. The van der Waals surface area contributed by atoms with Crippen LogP contribution in [0.25, 0.3) is 34.2 Å². The summed E-state index contributed by atoms with van der Waals surface area (Å²) in [5.74, 6) is 1.58. The molecule has 0 bridgehead atoms. The maximum Gasteiger partial charge on any atom is 0.200 e. The van der Waals surface area contributed by atoms with E-state index in [4.69, 9.17) is 24.4 Å². The lowest BCUT2D eigenvalue weighted by Gasteiger charge is -2.07. The molecule has 0 aliphatic rings. The zero-order chi connectivity index (χ0) is 26.5. The SMILES string of the molecule is Cc1ccc(-n2c(-c3ccncc3)n[nH]c2=S)cc1.Cc1ccc(-n2c(-c3ccncc3)n[nH]c2=S)cc1. The fraction of sp³-hybridized carbons (Fsp3) is 0.0714. The fourth-order valence-corrected chi connectivity index (χ4v) is 4.32. The number of aromatic nitrogens is 8. The Morgan fingerprint density at radius 1 is 0.526 bits per heavy atom. The molecule has 0 atom stereocenters. The van der Waals surface area contributed by atoms with Crippen molar-refractivity contribution in [2.24, 2.45) is 0 Å². The van der Waals surface area contributed by atoms with Gasteiger partial charge in [0, 0.05) is 47.3 Å². The Hall–Kier alpha value is -4.54. The summed E-state index contributed by atoms with van der Waals surface area (Å²) in [5, 5.41) is 14.3. The molecule has 0 aliphatic heterocycles. The van der Waals surface area contributed by atoms with Gasteiger partial charge in [-0.2, -0.15) is 10.2 Å². The summed E-state index contributed by atoms with van der Waals surface area (Å²) < 4.78 is 5.00. The summed E-state index contributed by atoms with van der Waals surface area (Å²) in [4.78, 5) is 8.04. The average molecular weight is 537 g/mol. The van der Waals surface area contributed by atoms with Gasteiger partial charge in [-0.25, -0.2) is 0 Å². The molecule has 0 saturated heterocycles. The third-order valence-electron chi connectivity index (χ3n) is 5.81. The predicted octanol–water partition coefficient (Wildman–Crippen LogP) is 6.60. The van der Waals surface area contributed by atoms with Gasteiger partial charge >= 0.3 is 0 Å². The second-order valence-electron chi connectivity index (χ2n) is 8.52. The number of hydrogen-bond acceptors (Lipinski definition) is 6. The van der Waals surface area contributed by atoms with E-state index in [-0.39, 0.29) is 0 Å². The molecular weight excluding hydrogens is 512 g/mol. The van der Waals surface area contributed by atoms with E-state index in [9.17, 15) is 0 Å². The van der Waals surface area contributed by atoms with E-state index in [0.29, 0.717) is 9.54 Å². The van der Waals surface area contributed by atoms with Gasteiger partial charge < -0.3 is 0 Å². The first-order chi connectivity index (χ1) is 18.5. The molecule has 0 saturated carbocycles. The van der Waals surface area contributed by atoms with E-state index < -0.39 is 0 Å². The first-order valence-corrected chi connectivity index (χ1v) is 12.6. The third kappa shape index (κ3) is 5.41. The van der Waals surface area contributed by atoms with Crippen LogP contribution in [0.4, 0.5) is 0 Å². The quantitative estimate of drug-likeness (QED) is 0.247. The standard InChI is InChI=1S/2C14H12N4S/c2*1-10-2-4-12(5-3-10)18-13(16-17-14(18)19)11-6-8-15-9-7-11/h2*2-9H,1H3,(H,17,19). The van der Waals surface area contributed by atoms with Crippen molar-refractivity contribution in [1.82, 2.24) is 39.5 Å². The number of aryl methyl sites for hydroxylation is 2. The van der Waals surface area contributed by atoms with Crippen LogP contribution < -0.4 is 0 Å². The van der Waals surface area contributed by atoms with Crippen molar-refractivity contribution < 1.29 is 0 Å². The summed E-state index contributed by atoms with van der Waals surface area (Å²) in [6.45, 7) is 4.12. The summed E-state index contributed by atoms with van der Waals surface area (Å²) in [6.07, 6.45) is 6.97. The second kappa shape index (κ2) is 11.2. The maximum absolute atomic E-state index is 5.32. The highest BCUT2D eigenvalue weighted by Gasteiger charge is 2.11. The van der Waals surface area contributed by atoms with E-state index in [1.54, 1.807) is 24.8 Å². The summed E-state index contributed by atoms with van der Waals surface area (Å²) in [6, 6.07) is 24.0. The van der Waals surface area contributed by atoms with Crippen molar-refractivity contribution in [2.75, 3.05) is 0 Å². The number of rotatable bonds is 4. The molecule has 2 aromatic carbocycles. The molecule has 8 nitrogen and oxygen atoms in total. The van der Waals surface area contributed by atoms with Gasteiger partial charge in [0.2, 0.25) is 0 Å². The van der Waals surface area contributed by atoms with Crippen molar-refractivity contribution in [2.45, 2.75) is 13.8 Å². The highest BCUT2D eigenvalue weighted by Crippen LogP contribution is 2.22. The molecule has 0 amide bonds. The summed E-state index contributed by atoms with van der Waals surface area (Å²) in [7, 11) is 0. The van der Waals surface area contributed by atoms with Crippen LogP contribution in [0, 0.1) is 23.4 Å². The zero-order valence-electron chi connectivity index (χ0n) is 20.7. The minimum Gasteiger partial charge on any atom is -0.268 e. The van der Waals surface area contributed by atoms with Crippen molar-refractivity contribution >= 4 is 24.4 Å². The molecule has 0 unspecified atom stereocenters. The Morgan fingerprint density at radius 3 is 1.21 bits per heavy atom. The van der Waals surface area contributed by atoms with Crippen molar-refractivity contribution in [3.8, 4) is 34.2 Å². The van der Waals surface area contributed by atoms with Crippen LogP contribution in [0.1, 0.15) is 11.1 Å². The Balaban J connectivity index is 0.000000155. The number of H-pyrrole nitrogens is 2. The van der Waals surface area contributed by atoms with E-state index in [1.807, 2.05) is 57.7 Å². The molecular formula is C28H24N8S2. The molecule has 6 aromatic rings. The molecule has 4 heterocycles. The first-order valence-electron chi connectivity index (χ1n) is 11.8. The van der Waals surface area contributed by atoms with Gasteiger partial charge in [0.25, 0.3) is 0 Å². The monoisotopic (exact) mass is 536 g/mol. The van der Waals surface area contributed by atoms with Crippen LogP contribution in [0.15, 0.2) is 97.6 Å². The van der Waals surface area contributed by atoms with Crippen LogP contribution in [0.2, 0.25) is 0 Å². The van der Waals surface area contributed by atoms with Crippen LogP contribution in [0.5, 0.6) is 0 Å². The largest absolute Gasteiger partial charge is 0.268 e. The Labute approximate surface area is 229 Å². The van der Waals surface area contributed by atoms with Gasteiger partial charge in [0.05, 0.1) is 0 Å². The van der Waals surface area contributed by atoms with Gasteiger partial charge in [-0.15, -0.1) is 0 Å². The summed E-state index contributed by atoms with van der Waals surface area (Å²) in [5.41, 5.74) is 6.37. The van der Waals surface area contributed by atoms with Gasteiger partial charge in [-0.3, -0.25) is 29.3 Å². The van der Waals surface area contributed by atoms with Crippen LogP contribution >= 0.6 is 24.4 Å². The molecule has 38 heavy (non-hydrogen) atoms. The fourth-order valence-electron chi connectivity index (χ4n) is 3.85. The molecule has 6 rings (SSSR count). The van der Waals surface area contributed by atoms with E-state index >= 15 is 0 Å². The number of nitrogens with zero attached hydrogens (tertiary/aromatic N) is 6. The highest BCUT2D eigenvalue weighted by molar-refractivity contribution is 7.71. The molecule has 0 aliphatic carbocycles. The van der Waals surface area contributed by atoms with E-state index in [1.165, 1.54) is 11.1 Å². The Morgan fingerprint density at radius 2 is 0.868 bits per heavy atom.